The van der Waals surface area contributed by atoms with E-state index in [1.165, 1.54) is 29.6 Å². The third kappa shape index (κ3) is 4.49. The van der Waals surface area contributed by atoms with Gasteiger partial charge in [0.25, 0.3) is 5.91 Å². The zero-order chi connectivity index (χ0) is 21.2. The molecule has 1 aliphatic rings. The largest absolute Gasteiger partial charge is 0.495 e. The van der Waals surface area contributed by atoms with Crippen LogP contribution in [0.25, 0.3) is 0 Å². The van der Waals surface area contributed by atoms with Crippen LogP contribution >= 0.6 is 11.6 Å². The van der Waals surface area contributed by atoms with E-state index in [4.69, 9.17) is 16.3 Å². The van der Waals surface area contributed by atoms with Gasteiger partial charge in [0.2, 0.25) is 10.0 Å². The van der Waals surface area contributed by atoms with Crippen molar-refractivity contribution < 1.29 is 17.9 Å². The van der Waals surface area contributed by atoms with Crippen LogP contribution in [0.3, 0.4) is 0 Å². The maximum atomic E-state index is 13.0. The van der Waals surface area contributed by atoms with Crippen molar-refractivity contribution in [1.29, 1.82) is 0 Å². The maximum Gasteiger partial charge on any atom is 0.255 e. The van der Waals surface area contributed by atoms with Crippen molar-refractivity contribution in [3.63, 3.8) is 0 Å². The number of carbonyl (C=O) groups is 1. The summed E-state index contributed by atoms with van der Waals surface area (Å²) in [5.74, 6) is -0.217. The van der Waals surface area contributed by atoms with Crippen molar-refractivity contribution in [1.82, 2.24) is 4.31 Å². The fraction of sp³-hybridized carbons (Fsp3) is 0.350. The molecule has 1 aliphatic heterocycles. The van der Waals surface area contributed by atoms with Crippen LogP contribution in [-0.2, 0) is 10.0 Å². The molecular weight excluding hydrogens is 414 g/mol. The van der Waals surface area contributed by atoms with E-state index < -0.39 is 15.9 Å². The Bertz CT molecular complexity index is 1020. The van der Waals surface area contributed by atoms with E-state index >= 15 is 0 Å². The smallest absolute Gasteiger partial charge is 0.255 e. The molecule has 156 valence electrons. The van der Waals surface area contributed by atoms with Crippen LogP contribution in [-0.4, -0.2) is 52.9 Å². The molecule has 1 N–H and O–H groups in total. The highest BCUT2D eigenvalue weighted by Crippen LogP contribution is 2.31. The number of ether oxygens (including phenoxy) is 1. The molecule has 2 aromatic rings. The molecule has 1 amide bonds. The SMILES string of the molecule is COc1ccc(C(=O)Nc2ccc(N(C)C)c(Cl)c2)cc1S(=O)(=O)N1CCCC1. The number of amides is 1. The van der Waals surface area contributed by atoms with Gasteiger partial charge in [0.05, 0.1) is 17.8 Å². The topological polar surface area (TPSA) is 79.0 Å². The lowest BCUT2D eigenvalue weighted by atomic mass is 10.2. The zero-order valence-electron chi connectivity index (χ0n) is 16.6. The monoisotopic (exact) mass is 437 g/mol. The van der Waals surface area contributed by atoms with Gasteiger partial charge in [-0.05, 0) is 49.2 Å². The van der Waals surface area contributed by atoms with E-state index in [-0.39, 0.29) is 16.2 Å². The van der Waals surface area contributed by atoms with Gasteiger partial charge in [0, 0.05) is 38.4 Å². The molecule has 1 fully saturated rings. The number of methoxy groups -OCH3 is 1. The second kappa shape index (κ2) is 8.61. The lowest BCUT2D eigenvalue weighted by Crippen LogP contribution is -2.28. The van der Waals surface area contributed by atoms with Crippen molar-refractivity contribution in [2.75, 3.05) is 44.5 Å². The van der Waals surface area contributed by atoms with Crippen molar-refractivity contribution in [3.8, 4) is 5.75 Å². The van der Waals surface area contributed by atoms with Gasteiger partial charge in [-0.2, -0.15) is 4.31 Å². The van der Waals surface area contributed by atoms with Gasteiger partial charge in [-0.15, -0.1) is 0 Å². The fourth-order valence-electron chi connectivity index (χ4n) is 3.24. The first-order valence-corrected chi connectivity index (χ1v) is 11.0. The molecule has 2 aromatic carbocycles. The second-order valence-electron chi connectivity index (χ2n) is 6.99. The number of hydrogen-bond acceptors (Lipinski definition) is 5. The normalized spacial score (nSPS) is 14.6. The number of hydrogen-bond donors (Lipinski definition) is 1. The predicted octanol–water partition coefficient (Wildman–Crippen LogP) is 3.45. The van der Waals surface area contributed by atoms with Gasteiger partial charge in [-0.25, -0.2) is 8.42 Å². The van der Waals surface area contributed by atoms with Gasteiger partial charge in [-0.3, -0.25) is 4.79 Å². The second-order valence-corrected chi connectivity index (χ2v) is 9.31. The van der Waals surface area contributed by atoms with E-state index in [0.717, 1.165) is 18.5 Å². The van der Waals surface area contributed by atoms with Gasteiger partial charge < -0.3 is 15.0 Å². The van der Waals surface area contributed by atoms with Crippen LogP contribution in [0.1, 0.15) is 23.2 Å². The maximum absolute atomic E-state index is 13.0. The molecule has 1 heterocycles. The Balaban J connectivity index is 1.89. The first-order chi connectivity index (χ1) is 13.7. The average molecular weight is 438 g/mol. The number of halogens is 1. The number of rotatable bonds is 6. The minimum absolute atomic E-state index is 0.00413. The molecule has 29 heavy (non-hydrogen) atoms. The van der Waals surface area contributed by atoms with Crippen LogP contribution in [0.5, 0.6) is 5.75 Å². The molecule has 9 heteroatoms. The minimum Gasteiger partial charge on any atom is -0.495 e. The fourth-order valence-corrected chi connectivity index (χ4v) is 5.29. The number of sulfonamides is 1. The number of anilines is 2. The molecule has 0 saturated carbocycles. The summed E-state index contributed by atoms with van der Waals surface area (Å²) in [6, 6.07) is 9.59. The van der Waals surface area contributed by atoms with Gasteiger partial charge >= 0.3 is 0 Å². The van der Waals surface area contributed by atoms with Crippen LogP contribution in [0, 0.1) is 0 Å². The summed E-state index contributed by atoms with van der Waals surface area (Å²) >= 11 is 6.26. The van der Waals surface area contributed by atoms with E-state index in [1.54, 1.807) is 18.2 Å². The van der Waals surface area contributed by atoms with Gasteiger partial charge in [-0.1, -0.05) is 11.6 Å². The molecule has 0 atom stereocenters. The van der Waals surface area contributed by atoms with E-state index in [0.29, 0.717) is 23.8 Å². The molecule has 0 unspecified atom stereocenters. The minimum atomic E-state index is -3.73. The van der Waals surface area contributed by atoms with Crippen molar-refractivity contribution in [3.05, 3.63) is 47.0 Å². The number of nitrogens with one attached hydrogen (secondary N) is 1. The highest BCUT2D eigenvalue weighted by atomic mass is 35.5. The van der Waals surface area contributed by atoms with Gasteiger partial charge in [0.1, 0.15) is 10.6 Å². The Labute approximate surface area is 176 Å². The van der Waals surface area contributed by atoms with E-state index in [2.05, 4.69) is 5.32 Å². The number of benzene rings is 2. The Kier molecular flexibility index (Phi) is 6.36. The summed E-state index contributed by atoms with van der Waals surface area (Å²) in [5, 5.41) is 3.26. The van der Waals surface area contributed by atoms with E-state index in [9.17, 15) is 13.2 Å². The van der Waals surface area contributed by atoms with Crippen LogP contribution in [0.4, 0.5) is 11.4 Å². The summed E-state index contributed by atoms with van der Waals surface area (Å²) < 4.78 is 32.6. The number of carbonyl (C=O) groups excluding carboxylic acids is 1. The average Bonchev–Trinajstić information content (AvgIpc) is 3.23. The third-order valence-electron chi connectivity index (χ3n) is 4.80. The highest BCUT2D eigenvalue weighted by Gasteiger charge is 2.30. The Morgan fingerprint density at radius 2 is 1.83 bits per heavy atom. The van der Waals surface area contributed by atoms with Crippen LogP contribution in [0.15, 0.2) is 41.3 Å². The lowest BCUT2D eigenvalue weighted by Gasteiger charge is -2.18. The molecule has 3 rings (SSSR count). The summed E-state index contributed by atoms with van der Waals surface area (Å²) in [6.45, 7) is 0.942. The highest BCUT2D eigenvalue weighted by molar-refractivity contribution is 7.89. The van der Waals surface area contributed by atoms with E-state index in [1.807, 2.05) is 19.0 Å². The lowest BCUT2D eigenvalue weighted by molar-refractivity contribution is 0.102. The quantitative estimate of drug-likeness (QED) is 0.748. The van der Waals surface area contributed by atoms with Crippen molar-refractivity contribution in [2.24, 2.45) is 0 Å². The Morgan fingerprint density at radius 3 is 2.41 bits per heavy atom. The molecule has 0 radical (unpaired) electrons. The molecule has 1 saturated heterocycles. The zero-order valence-corrected chi connectivity index (χ0v) is 18.2. The van der Waals surface area contributed by atoms with Gasteiger partial charge in [0.15, 0.2) is 0 Å². The molecule has 7 nitrogen and oxygen atoms in total. The summed E-state index contributed by atoms with van der Waals surface area (Å²) in [5.41, 5.74) is 1.56. The Morgan fingerprint density at radius 1 is 1.14 bits per heavy atom. The first kappa shape index (κ1) is 21.4. The van der Waals surface area contributed by atoms with Crippen LogP contribution in [0.2, 0.25) is 5.02 Å². The molecular formula is C20H24ClN3O4S. The van der Waals surface area contributed by atoms with Crippen molar-refractivity contribution >= 4 is 38.9 Å². The molecule has 0 aromatic heterocycles. The molecule has 0 aliphatic carbocycles. The third-order valence-corrected chi connectivity index (χ3v) is 7.02. The molecule has 0 bridgehead atoms. The number of nitrogens with zero attached hydrogens (tertiary/aromatic N) is 2. The summed E-state index contributed by atoms with van der Waals surface area (Å²) in [4.78, 5) is 14.6. The molecule has 0 spiro atoms. The summed E-state index contributed by atoms with van der Waals surface area (Å²) in [7, 11) is 1.43. The standard InChI is InChI=1S/C20H24ClN3O4S/c1-23(2)17-8-7-15(13-16(17)21)22-20(25)14-6-9-18(28-3)19(12-14)29(26,27)24-10-4-5-11-24/h6-9,12-13H,4-5,10-11H2,1-3H3,(H,22,25). The van der Waals surface area contributed by atoms with Crippen molar-refractivity contribution in [2.45, 2.75) is 17.7 Å². The Hall–Kier alpha value is -2.29. The van der Waals surface area contributed by atoms with Crippen LogP contribution < -0.4 is 15.0 Å². The predicted molar refractivity (Wildman–Crippen MR) is 115 cm³/mol. The first-order valence-electron chi connectivity index (χ1n) is 9.20. The summed E-state index contributed by atoms with van der Waals surface area (Å²) in [6.07, 6.45) is 1.65.